The number of ether oxygens (including phenoxy) is 1. The summed E-state index contributed by atoms with van der Waals surface area (Å²) in [7, 11) is 1.83. The van der Waals surface area contributed by atoms with E-state index >= 15 is 0 Å². The van der Waals surface area contributed by atoms with Gasteiger partial charge in [-0.2, -0.15) is 10.2 Å². The van der Waals surface area contributed by atoms with Crippen LogP contribution in [0.5, 0.6) is 0 Å². The first-order valence-corrected chi connectivity index (χ1v) is 8.33. The number of aromatic amines is 1. The Kier molecular flexibility index (Phi) is 3.85. The molecule has 1 spiro atoms. The first-order valence-electron chi connectivity index (χ1n) is 8.33. The van der Waals surface area contributed by atoms with Gasteiger partial charge in [-0.1, -0.05) is 0 Å². The standard InChI is InChI=1S/C16H22N6O2/c1-21-6-2-13(20-21)18-14(23)11-22-7-4-16(5-8-22)15-12(3-9-24-16)10-17-19-15/h2,6,10H,3-5,7-9,11H2,1H3,(H,17,19)(H,18,20,23). The van der Waals surface area contributed by atoms with Crippen LogP contribution in [-0.4, -0.2) is 57.0 Å². The van der Waals surface area contributed by atoms with Gasteiger partial charge in [0.2, 0.25) is 5.91 Å². The second-order valence-corrected chi connectivity index (χ2v) is 6.56. The van der Waals surface area contributed by atoms with Gasteiger partial charge in [0.25, 0.3) is 0 Å². The van der Waals surface area contributed by atoms with Crippen molar-refractivity contribution in [3.05, 3.63) is 29.7 Å². The minimum absolute atomic E-state index is 0.0311. The Labute approximate surface area is 140 Å². The van der Waals surface area contributed by atoms with Crippen LogP contribution in [0.1, 0.15) is 24.1 Å². The summed E-state index contributed by atoms with van der Waals surface area (Å²) in [4.78, 5) is 14.3. The normalized spacial score (nSPS) is 20.0. The second kappa shape index (κ2) is 6.03. The maximum atomic E-state index is 12.2. The first kappa shape index (κ1) is 15.3. The molecular formula is C16H22N6O2. The highest BCUT2D eigenvalue weighted by atomic mass is 16.5. The molecule has 0 bridgehead atoms. The fourth-order valence-corrected chi connectivity index (χ4v) is 3.66. The first-order chi connectivity index (χ1) is 11.6. The third-order valence-corrected chi connectivity index (χ3v) is 4.94. The molecule has 2 aromatic heterocycles. The molecule has 1 fully saturated rings. The van der Waals surface area contributed by atoms with Crippen LogP contribution in [0, 0.1) is 0 Å². The van der Waals surface area contributed by atoms with E-state index < -0.39 is 0 Å². The summed E-state index contributed by atoms with van der Waals surface area (Å²) in [6.45, 7) is 2.78. The largest absolute Gasteiger partial charge is 0.368 e. The Morgan fingerprint density at radius 3 is 3.04 bits per heavy atom. The maximum absolute atomic E-state index is 12.2. The Hall–Kier alpha value is -2.19. The number of piperidine rings is 1. The Balaban J connectivity index is 1.35. The van der Waals surface area contributed by atoms with E-state index in [-0.39, 0.29) is 11.5 Å². The summed E-state index contributed by atoms with van der Waals surface area (Å²) in [5.74, 6) is 0.560. The zero-order valence-corrected chi connectivity index (χ0v) is 13.8. The van der Waals surface area contributed by atoms with E-state index in [0.29, 0.717) is 12.4 Å². The summed E-state index contributed by atoms with van der Waals surface area (Å²) in [5, 5.41) is 14.3. The van der Waals surface area contributed by atoms with E-state index in [1.165, 1.54) is 5.56 Å². The molecule has 0 aromatic carbocycles. The lowest BCUT2D eigenvalue weighted by atomic mass is 9.84. The molecule has 0 saturated carbocycles. The number of fused-ring (bicyclic) bond motifs is 2. The molecule has 0 radical (unpaired) electrons. The Bertz CT molecular complexity index is 729. The maximum Gasteiger partial charge on any atom is 0.239 e. The number of carbonyl (C=O) groups is 1. The quantitative estimate of drug-likeness (QED) is 0.862. The number of hydrogen-bond acceptors (Lipinski definition) is 5. The SMILES string of the molecule is Cn1ccc(NC(=O)CN2CCC3(CC2)OCCc2cn[nH]c23)n1. The van der Waals surface area contributed by atoms with Crippen LogP contribution in [-0.2, 0) is 28.6 Å². The van der Waals surface area contributed by atoms with E-state index in [0.717, 1.165) is 44.7 Å². The topological polar surface area (TPSA) is 88.1 Å². The molecule has 8 nitrogen and oxygen atoms in total. The second-order valence-electron chi connectivity index (χ2n) is 6.56. The van der Waals surface area contributed by atoms with Crippen molar-refractivity contribution < 1.29 is 9.53 Å². The van der Waals surface area contributed by atoms with Crippen molar-refractivity contribution >= 4 is 11.7 Å². The molecule has 4 rings (SSSR count). The molecular weight excluding hydrogens is 308 g/mol. The molecule has 2 aliphatic rings. The van der Waals surface area contributed by atoms with E-state index in [2.05, 4.69) is 25.5 Å². The van der Waals surface area contributed by atoms with Crippen molar-refractivity contribution in [2.45, 2.75) is 24.9 Å². The van der Waals surface area contributed by atoms with Crippen LogP contribution in [0.15, 0.2) is 18.5 Å². The average molecular weight is 330 g/mol. The highest BCUT2D eigenvalue weighted by Crippen LogP contribution is 2.40. The van der Waals surface area contributed by atoms with Crippen LogP contribution >= 0.6 is 0 Å². The van der Waals surface area contributed by atoms with Crippen molar-refractivity contribution in [3.63, 3.8) is 0 Å². The van der Waals surface area contributed by atoms with Gasteiger partial charge in [-0.3, -0.25) is 19.5 Å². The van der Waals surface area contributed by atoms with E-state index in [1.54, 1.807) is 10.7 Å². The highest BCUT2D eigenvalue weighted by Gasteiger charge is 2.42. The molecule has 0 unspecified atom stereocenters. The van der Waals surface area contributed by atoms with Gasteiger partial charge in [0.05, 0.1) is 25.0 Å². The third-order valence-electron chi connectivity index (χ3n) is 4.94. The molecule has 2 aromatic rings. The van der Waals surface area contributed by atoms with Crippen LogP contribution in [0.3, 0.4) is 0 Å². The lowest BCUT2D eigenvalue weighted by Gasteiger charge is -2.43. The van der Waals surface area contributed by atoms with Crippen molar-refractivity contribution in [1.82, 2.24) is 24.9 Å². The smallest absolute Gasteiger partial charge is 0.239 e. The van der Waals surface area contributed by atoms with Gasteiger partial charge in [-0.25, -0.2) is 0 Å². The zero-order chi connectivity index (χ0) is 16.6. The van der Waals surface area contributed by atoms with Crippen molar-refractivity contribution in [2.24, 2.45) is 7.05 Å². The molecule has 1 amide bonds. The van der Waals surface area contributed by atoms with Gasteiger partial charge >= 0.3 is 0 Å². The predicted octanol–water partition coefficient (Wildman–Crippen LogP) is 0.646. The summed E-state index contributed by atoms with van der Waals surface area (Å²) < 4.78 is 7.80. The molecule has 128 valence electrons. The van der Waals surface area contributed by atoms with Gasteiger partial charge < -0.3 is 10.1 Å². The van der Waals surface area contributed by atoms with Crippen LogP contribution in [0.4, 0.5) is 5.82 Å². The molecule has 0 aliphatic carbocycles. The van der Waals surface area contributed by atoms with Gasteiger partial charge in [0.15, 0.2) is 5.82 Å². The molecule has 2 aliphatic heterocycles. The number of likely N-dealkylation sites (tertiary alicyclic amines) is 1. The van der Waals surface area contributed by atoms with Crippen molar-refractivity contribution in [2.75, 3.05) is 31.6 Å². The zero-order valence-electron chi connectivity index (χ0n) is 13.8. The number of hydrogen-bond donors (Lipinski definition) is 2. The lowest BCUT2D eigenvalue weighted by Crippen LogP contribution is -2.48. The predicted molar refractivity (Wildman–Crippen MR) is 87.4 cm³/mol. The summed E-state index contributed by atoms with van der Waals surface area (Å²) in [5.41, 5.74) is 2.15. The number of nitrogens with one attached hydrogen (secondary N) is 2. The number of amides is 1. The highest BCUT2D eigenvalue weighted by molar-refractivity contribution is 5.91. The minimum Gasteiger partial charge on any atom is -0.368 e. The third kappa shape index (κ3) is 2.83. The van der Waals surface area contributed by atoms with E-state index in [9.17, 15) is 4.79 Å². The molecule has 8 heteroatoms. The number of rotatable bonds is 3. The van der Waals surface area contributed by atoms with Gasteiger partial charge in [0.1, 0.15) is 5.60 Å². The Morgan fingerprint density at radius 2 is 2.29 bits per heavy atom. The number of carbonyl (C=O) groups excluding carboxylic acids is 1. The number of aromatic nitrogens is 4. The Morgan fingerprint density at radius 1 is 1.46 bits per heavy atom. The van der Waals surface area contributed by atoms with Crippen molar-refractivity contribution in [1.29, 1.82) is 0 Å². The van der Waals surface area contributed by atoms with Gasteiger partial charge in [0, 0.05) is 32.4 Å². The number of anilines is 1. The number of H-pyrrole nitrogens is 1. The van der Waals surface area contributed by atoms with Gasteiger partial charge in [-0.05, 0) is 24.8 Å². The molecule has 0 atom stereocenters. The number of aryl methyl sites for hydroxylation is 1. The van der Waals surface area contributed by atoms with Gasteiger partial charge in [-0.15, -0.1) is 0 Å². The summed E-state index contributed by atoms with van der Waals surface area (Å²) in [6.07, 6.45) is 6.39. The van der Waals surface area contributed by atoms with E-state index in [4.69, 9.17) is 4.74 Å². The minimum atomic E-state index is -0.252. The fourth-order valence-electron chi connectivity index (χ4n) is 3.66. The molecule has 24 heavy (non-hydrogen) atoms. The van der Waals surface area contributed by atoms with Crippen molar-refractivity contribution in [3.8, 4) is 0 Å². The monoisotopic (exact) mass is 330 g/mol. The van der Waals surface area contributed by atoms with E-state index in [1.807, 2.05) is 19.4 Å². The summed E-state index contributed by atoms with van der Waals surface area (Å²) >= 11 is 0. The summed E-state index contributed by atoms with van der Waals surface area (Å²) in [6, 6.07) is 1.79. The number of nitrogens with zero attached hydrogens (tertiary/aromatic N) is 4. The molecule has 1 saturated heterocycles. The molecule has 2 N–H and O–H groups in total. The van der Waals surface area contributed by atoms with Crippen LogP contribution in [0.2, 0.25) is 0 Å². The average Bonchev–Trinajstić information content (AvgIpc) is 3.20. The lowest BCUT2D eigenvalue weighted by molar-refractivity contribution is -0.122. The molecule has 4 heterocycles. The van der Waals surface area contributed by atoms with Crippen LogP contribution in [0.25, 0.3) is 0 Å². The fraction of sp³-hybridized carbons (Fsp3) is 0.562. The van der Waals surface area contributed by atoms with Crippen LogP contribution < -0.4 is 5.32 Å².